The zero-order valence-corrected chi connectivity index (χ0v) is 12.4. The highest BCUT2D eigenvalue weighted by atomic mass is 32.2. The third kappa shape index (κ3) is 3.33. The number of carboxylic acid groups (broad SMARTS) is 1. The molecule has 5 heteroatoms. The average molecular weight is 293 g/mol. The second kappa shape index (κ2) is 6.79. The molecule has 1 amide bonds. The van der Waals surface area contributed by atoms with Crippen LogP contribution in [0.5, 0.6) is 0 Å². The first-order valence-corrected chi connectivity index (χ1v) is 8.04. The molecule has 1 aromatic carbocycles. The monoisotopic (exact) mass is 293 g/mol. The normalized spacial score (nSPS) is 19.4. The van der Waals surface area contributed by atoms with Crippen molar-refractivity contribution in [3.8, 4) is 0 Å². The number of carboxylic acids is 1. The molecule has 1 N–H and O–H groups in total. The molecule has 1 aromatic rings. The van der Waals surface area contributed by atoms with E-state index >= 15 is 0 Å². The van der Waals surface area contributed by atoms with Crippen LogP contribution >= 0.6 is 11.8 Å². The van der Waals surface area contributed by atoms with E-state index in [9.17, 15) is 14.7 Å². The van der Waals surface area contributed by atoms with Crippen molar-refractivity contribution in [1.29, 1.82) is 0 Å². The number of carbonyl (C=O) groups excluding carboxylic acids is 1. The average Bonchev–Trinajstić information content (AvgIpc) is 2.72. The van der Waals surface area contributed by atoms with E-state index in [-0.39, 0.29) is 5.91 Å². The zero-order valence-electron chi connectivity index (χ0n) is 11.5. The lowest BCUT2D eigenvalue weighted by atomic mass is 10.1. The van der Waals surface area contributed by atoms with Gasteiger partial charge >= 0.3 is 5.97 Å². The number of hydrogen-bond acceptors (Lipinski definition) is 3. The number of carbonyl (C=O) groups is 2. The molecule has 1 atom stereocenters. The quantitative estimate of drug-likeness (QED) is 0.871. The van der Waals surface area contributed by atoms with Gasteiger partial charge in [0.2, 0.25) is 0 Å². The highest BCUT2D eigenvalue weighted by molar-refractivity contribution is 7.98. The van der Waals surface area contributed by atoms with Crippen LogP contribution in [0.15, 0.2) is 29.2 Å². The summed E-state index contributed by atoms with van der Waals surface area (Å²) in [5.41, 5.74) is 0.566. The molecule has 4 nitrogen and oxygen atoms in total. The van der Waals surface area contributed by atoms with E-state index in [2.05, 4.69) is 0 Å². The highest BCUT2D eigenvalue weighted by Crippen LogP contribution is 2.21. The zero-order chi connectivity index (χ0) is 14.5. The Balaban J connectivity index is 2.21. The molecule has 0 saturated carbocycles. The van der Waals surface area contributed by atoms with Crippen molar-refractivity contribution in [2.24, 2.45) is 0 Å². The van der Waals surface area contributed by atoms with Crippen molar-refractivity contribution < 1.29 is 14.7 Å². The van der Waals surface area contributed by atoms with Crippen LogP contribution in [0.3, 0.4) is 0 Å². The summed E-state index contributed by atoms with van der Waals surface area (Å²) in [5, 5.41) is 9.31. The minimum atomic E-state index is -0.902. The predicted molar refractivity (Wildman–Crippen MR) is 79.2 cm³/mol. The van der Waals surface area contributed by atoms with E-state index in [0.717, 1.165) is 24.2 Å². The molecule has 1 heterocycles. The summed E-state index contributed by atoms with van der Waals surface area (Å²) < 4.78 is 0. The summed E-state index contributed by atoms with van der Waals surface area (Å²) >= 11 is 1.61. The van der Waals surface area contributed by atoms with E-state index in [1.54, 1.807) is 23.9 Å². The fraction of sp³-hybridized carbons (Fsp3) is 0.467. The fourth-order valence-corrected chi connectivity index (χ4v) is 2.92. The molecule has 0 bridgehead atoms. The summed E-state index contributed by atoms with van der Waals surface area (Å²) in [7, 11) is 0. The molecular weight excluding hydrogens is 274 g/mol. The maximum absolute atomic E-state index is 12.5. The maximum Gasteiger partial charge on any atom is 0.326 e. The van der Waals surface area contributed by atoms with Gasteiger partial charge in [-0.15, -0.1) is 11.8 Å². The van der Waals surface area contributed by atoms with Gasteiger partial charge in [-0.3, -0.25) is 4.79 Å². The van der Waals surface area contributed by atoms with Crippen molar-refractivity contribution in [2.75, 3.05) is 12.8 Å². The number of hydrogen-bond donors (Lipinski definition) is 1. The van der Waals surface area contributed by atoms with Crippen molar-refractivity contribution >= 4 is 23.6 Å². The summed E-state index contributed by atoms with van der Waals surface area (Å²) in [6, 6.07) is 6.65. The van der Waals surface area contributed by atoms with Crippen LogP contribution in [-0.2, 0) is 4.79 Å². The predicted octanol–water partition coefficient (Wildman–Crippen LogP) is 2.88. The molecule has 108 valence electrons. The molecule has 1 aliphatic heterocycles. The molecule has 20 heavy (non-hydrogen) atoms. The Labute approximate surface area is 123 Å². The van der Waals surface area contributed by atoms with Crippen LogP contribution in [0.4, 0.5) is 0 Å². The first-order valence-electron chi connectivity index (χ1n) is 6.81. The lowest BCUT2D eigenvalue weighted by Crippen LogP contribution is -2.44. The van der Waals surface area contributed by atoms with Crippen LogP contribution in [0.1, 0.15) is 36.0 Å². The van der Waals surface area contributed by atoms with Crippen molar-refractivity contribution in [1.82, 2.24) is 4.90 Å². The molecular formula is C15H19NO3S. The number of amides is 1. The topological polar surface area (TPSA) is 57.6 Å². The highest BCUT2D eigenvalue weighted by Gasteiger charge is 2.31. The van der Waals surface area contributed by atoms with Gasteiger partial charge in [0.1, 0.15) is 6.04 Å². The second-order valence-electron chi connectivity index (χ2n) is 4.93. The van der Waals surface area contributed by atoms with Gasteiger partial charge in [-0.1, -0.05) is 12.8 Å². The summed E-state index contributed by atoms with van der Waals surface area (Å²) in [5.74, 6) is -1.08. The van der Waals surface area contributed by atoms with E-state index in [4.69, 9.17) is 0 Å². The third-order valence-corrected chi connectivity index (χ3v) is 4.38. The second-order valence-corrected chi connectivity index (χ2v) is 5.81. The van der Waals surface area contributed by atoms with Gasteiger partial charge in [-0.25, -0.2) is 4.79 Å². The van der Waals surface area contributed by atoms with Crippen LogP contribution in [0.2, 0.25) is 0 Å². The Hall–Kier alpha value is -1.49. The smallest absolute Gasteiger partial charge is 0.326 e. The number of benzene rings is 1. The van der Waals surface area contributed by atoms with Gasteiger partial charge in [0.25, 0.3) is 5.91 Å². The number of thioether (sulfide) groups is 1. The van der Waals surface area contributed by atoms with Gasteiger partial charge in [0.15, 0.2) is 0 Å². The molecule has 2 rings (SSSR count). The van der Waals surface area contributed by atoms with Gasteiger partial charge in [0.05, 0.1) is 0 Å². The Morgan fingerprint density at radius 3 is 2.50 bits per heavy atom. The van der Waals surface area contributed by atoms with E-state index in [1.165, 1.54) is 4.90 Å². The van der Waals surface area contributed by atoms with Crippen LogP contribution in [0.25, 0.3) is 0 Å². The first-order chi connectivity index (χ1) is 9.63. The molecule has 0 aliphatic carbocycles. The van der Waals surface area contributed by atoms with Crippen molar-refractivity contribution in [3.63, 3.8) is 0 Å². The first kappa shape index (κ1) is 14.9. The number of nitrogens with zero attached hydrogens (tertiary/aromatic N) is 1. The SMILES string of the molecule is CSc1ccc(C(=O)N2CCCCCC2C(=O)O)cc1. The maximum atomic E-state index is 12.5. The Kier molecular flexibility index (Phi) is 5.06. The molecule has 0 radical (unpaired) electrons. The Morgan fingerprint density at radius 1 is 1.20 bits per heavy atom. The van der Waals surface area contributed by atoms with E-state index in [1.807, 2.05) is 18.4 Å². The molecule has 0 aromatic heterocycles. The van der Waals surface area contributed by atoms with Gasteiger partial charge in [-0.2, -0.15) is 0 Å². The number of aliphatic carboxylic acids is 1. The minimum absolute atomic E-state index is 0.174. The van der Waals surface area contributed by atoms with E-state index < -0.39 is 12.0 Å². The van der Waals surface area contributed by atoms with Gasteiger partial charge in [0, 0.05) is 17.0 Å². The van der Waals surface area contributed by atoms with Gasteiger partial charge < -0.3 is 10.0 Å². The molecule has 1 aliphatic rings. The third-order valence-electron chi connectivity index (χ3n) is 3.64. The Morgan fingerprint density at radius 2 is 1.90 bits per heavy atom. The largest absolute Gasteiger partial charge is 0.480 e. The van der Waals surface area contributed by atoms with Crippen molar-refractivity contribution in [2.45, 2.75) is 36.6 Å². The summed E-state index contributed by atoms with van der Waals surface area (Å²) in [6.07, 6.45) is 5.25. The molecule has 0 spiro atoms. The number of likely N-dealkylation sites (tertiary alicyclic amines) is 1. The van der Waals surface area contributed by atoms with Crippen LogP contribution < -0.4 is 0 Å². The number of rotatable bonds is 3. The molecule has 1 unspecified atom stereocenters. The fourth-order valence-electron chi connectivity index (χ4n) is 2.51. The lowest BCUT2D eigenvalue weighted by Gasteiger charge is -2.27. The standard InChI is InChI=1S/C15H19NO3S/c1-20-12-8-6-11(7-9-12)14(17)16-10-4-2-3-5-13(16)15(18)19/h6-9,13H,2-5,10H2,1H3,(H,18,19). The van der Waals surface area contributed by atoms with Gasteiger partial charge in [-0.05, 0) is 43.4 Å². The Bertz CT molecular complexity index is 486. The van der Waals surface area contributed by atoms with Crippen molar-refractivity contribution in [3.05, 3.63) is 29.8 Å². The van der Waals surface area contributed by atoms with Crippen LogP contribution in [0, 0.1) is 0 Å². The van der Waals surface area contributed by atoms with E-state index in [0.29, 0.717) is 18.5 Å². The summed E-state index contributed by atoms with van der Waals surface area (Å²) in [6.45, 7) is 0.528. The minimum Gasteiger partial charge on any atom is -0.480 e. The molecule has 1 fully saturated rings. The lowest BCUT2D eigenvalue weighted by molar-refractivity contribution is -0.142. The summed E-state index contributed by atoms with van der Waals surface area (Å²) in [4.78, 5) is 26.5. The van der Waals surface area contributed by atoms with Crippen LogP contribution in [-0.4, -0.2) is 40.7 Å². The molecule has 1 saturated heterocycles.